The number of phenols is 1. The zero-order valence-electron chi connectivity index (χ0n) is 20.7. The van der Waals surface area contributed by atoms with Gasteiger partial charge < -0.3 is 30.8 Å². The van der Waals surface area contributed by atoms with Gasteiger partial charge in [0, 0.05) is 33.8 Å². The highest BCUT2D eigenvalue weighted by Gasteiger charge is 2.23. The van der Waals surface area contributed by atoms with Crippen LogP contribution < -0.4 is 10.6 Å². The first kappa shape index (κ1) is 31.5. The molecule has 12 nitrogen and oxygen atoms in total. The number of carboxylic acid groups (broad SMARTS) is 1. The number of carbonyl (C=O) groups excluding carboxylic acids is 1. The highest BCUT2D eigenvalue weighted by atomic mass is 125. The van der Waals surface area contributed by atoms with E-state index in [0.717, 1.165) is 5.56 Å². The molecule has 0 saturated carbocycles. The Kier molecular flexibility index (Phi) is 12.5. The molecule has 14 heteroatoms. The SMILES string of the molecule is C[C@@H](NC[C@H](O)CP(=O)(O)CCCCCNC(=O)c1cc([125I])c(N=[N+]=[N-])cc1O)c1cccc(C(=O)O)c1. The molecule has 0 aliphatic rings. The molecular formula is C24H31IN5O7P. The number of nitrogens with one attached hydrogen (secondary N) is 2. The number of unbranched alkanes of at least 4 members (excludes halogenated alkanes) is 2. The van der Waals surface area contributed by atoms with Crippen LogP contribution >= 0.6 is 30.0 Å². The molecule has 0 fully saturated rings. The van der Waals surface area contributed by atoms with E-state index in [1.807, 2.05) is 29.5 Å². The van der Waals surface area contributed by atoms with Gasteiger partial charge >= 0.3 is 5.97 Å². The molecular weight excluding hydrogens is 626 g/mol. The number of phenolic OH excluding ortho intramolecular Hbond substituents is 1. The number of nitrogens with zero attached hydrogens (tertiary/aromatic N) is 3. The lowest BCUT2D eigenvalue weighted by atomic mass is 10.1. The predicted molar refractivity (Wildman–Crippen MR) is 151 cm³/mol. The van der Waals surface area contributed by atoms with Gasteiger partial charge in [0.15, 0.2) is 0 Å². The molecule has 0 aliphatic carbocycles. The van der Waals surface area contributed by atoms with Gasteiger partial charge in [-0.1, -0.05) is 23.7 Å². The van der Waals surface area contributed by atoms with Crippen molar-refractivity contribution >= 4 is 47.5 Å². The minimum absolute atomic E-state index is 0.0358. The van der Waals surface area contributed by atoms with E-state index in [1.165, 1.54) is 24.3 Å². The summed E-state index contributed by atoms with van der Waals surface area (Å²) in [6.45, 7) is 2.19. The fourth-order valence-electron chi connectivity index (χ4n) is 3.67. The predicted octanol–water partition coefficient (Wildman–Crippen LogP) is 4.52. The average molecular weight is 657 g/mol. The quantitative estimate of drug-likeness (QED) is 0.0400. The summed E-state index contributed by atoms with van der Waals surface area (Å²) >= 11 is 1.90. The van der Waals surface area contributed by atoms with Gasteiger partial charge in [-0.15, -0.1) is 0 Å². The molecule has 0 aliphatic heterocycles. The first-order valence-corrected chi connectivity index (χ1v) is 15.0. The summed E-state index contributed by atoms with van der Waals surface area (Å²) in [6.07, 6.45) is 0.297. The molecule has 0 bridgehead atoms. The second-order valence-corrected chi connectivity index (χ2v) is 12.5. The van der Waals surface area contributed by atoms with Gasteiger partial charge in [0.1, 0.15) is 5.75 Å². The number of carboxylic acids is 1. The van der Waals surface area contributed by atoms with Crippen molar-refractivity contribution in [1.29, 1.82) is 0 Å². The Balaban J connectivity index is 1.69. The van der Waals surface area contributed by atoms with E-state index < -0.39 is 25.3 Å². The Morgan fingerprint density at radius 1 is 1.21 bits per heavy atom. The summed E-state index contributed by atoms with van der Waals surface area (Å²) in [5.41, 5.74) is 9.69. The maximum absolute atomic E-state index is 12.5. The van der Waals surface area contributed by atoms with Gasteiger partial charge in [-0.25, -0.2) is 4.79 Å². The lowest BCUT2D eigenvalue weighted by Crippen LogP contribution is -2.31. The van der Waals surface area contributed by atoms with Crippen LogP contribution in [-0.2, 0) is 4.57 Å². The standard InChI is InChI=1S/C24H31IN5O7P/c1-15(16-6-5-7-17(10-16)24(34)35)28-13-18(31)14-38(36,37)9-4-2-3-8-27-23(33)19-11-20(25)21(29-30-26)12-22(19)32/h5-7,10-12,15,18,28,31-32H,2-4,8-9,13-14H2,1H3,(H,27,33)(H,34,35)(H,36,37)/t15-,18+/m1/s1/i25-2. The summed E-state index contributed by atoms with van der Waals surface area (Å²) in [6, 6.07) is 8.81. The molecule has 2 aromatic carbocycles. The van der Waals surface area contributed by atoms with Crippen molar-refractivity contribution in [2.75, 3.05) is 25.4 Å². The van der Waals surface area contributed by atoms with Crippen LogP contribution in [0.3, 0.4) is 0 Å². The Bertz CT molecular complexity index is 1240. The summed E-state index contributed by atoms with van der Waals surface area (Å²) in [4.78, 5) is 36.4. The Hall–Kier alpha value is -2.67. The third-order valence-corrected chi connectivity index (χ3v) is 8.59. The lowest BCUT2D eigenvalue weighted by Gasteiger charge is -2.20. The molecule has 0 heterocycles. The number of aliphatic hydroxyl groups is 1. The normalized spacial score (nSPS) is 14.1. The maximum Gasteiger partial charge on any atom is 0.335 e. The average Bonchev–Trinajstić information content (AvgIpc) is 2.86. The zero-order valence-corrected chi connectivity index (χ0v) is 23.8. The smallest absolute Gasteiger partial charge is 0.335 e. The molecule has 0 radical (unpaired) electrons. The summed E-state index contributed by atoms with van der Waals surface area (Å²) in [5.74, 6) is -1.82. The fraction of sp³-hybridized carbons (Fsp3) is 0.417. The van der Waals surface area contributed by atoms with E-state index in [2.05, 4.69) is 20.7 Å². The van der Waals surface area contributed by atoms with Crippen LogP contribution in [-0.4, -0.2) is 63.6 Å². The number of amides is 1. The van der Waals surface area contributed by atoms with Crippen LogP contribution in [0.15, 0.2) is 41.5 Å². The van der Waals surface area contributed by atoms with Gasteiger partial charge in [0.25, 0.3) is 5.91 Å². The fourth-order valence-corrected chi connectivity index (χ4v) is 5.94. The molecule has 2 aromatic rings. The minimum atomic E-state index is -3.56. The van der Waals surface area contributed by atoms with E-state index in [9.17, 15) is 29.3 Å². The molecule has 38 heavy (non-hydrogen) atoms. The van der Waals surface area contributed by atoms with E-state index >= 15 is 0 Å². The largest absolute Gasteiger partial charge is 0.507 e. The molecule has 1 amide bonds. The van der Waals surface area contributed by atoms with Crippen molar-refractivity contribution in [2.24, 2.45) is 5.11 Å². The molecule has 6 N–H and O–H groups in total. The molecule has 3 atom stereocenters. The van der Waals surface area contributed by atoms with Gasteiger partial charge in [-0.05, 0) is 77.7 Å². The van der Waals surface area contributed by atoms with Gasteiger partial charge in [0.05, 0.1) is 29.1 Å². The van der Waals surface area contributed by atoms with Crippen LogP contribution in [0.5, 0.6) is 5.75 Å². The third-order valence-electron chi connectivity index (χ3n) is 5.72. The van der Waals surface area contributed by atoms with Crippen LogP contribution in [0.2, 0.25) is 0 Å². The molecule has 0 aromatic heterocycles. The highest BCUT2D eigenvalue weighted by Crippen LogP contribution is 2.42. The van der Waals surface area contributed by atoms with E-state index in [-0.39, 0.29) is 47.5 Å². The summed E-state index contributed by atoms with van der Waals surface area (Å²) in [7, 11) is -3.56. The lowest BCUT2D eigenvalue weighted by molar-refractivity contribution is 0.0696. The van der Waals surface area contributed by atoms with Crippen LogP contribution in [0.25, 0.3) is 10.4 Å². The second kappa shape index (κ2) is 15.1. The molecule has 0 saturated heterocycles. The molecule has 206 valence electrons. The molecule has 1 unspecified atom stereocenters. The zero-order chi connectivity index (χ0) is 28.3. The molecule has 2 rings (SSSR count). The van der Waals surface area contributed by atoms with Crippen molar-refractivity contribution in [3.8, 4) is 5.75 Å². The van der Waals surface area contributed by atoms with Crippen LogP contribution in [0, 0.1) is 3.57 Å². The van der Waals surface area contributed by atoms with Crippen molar-refractivity contribution in [1.82, 2.24) is 10.6 Å². The summed E-state index contributed by atoms with van der Waals surface area (Å²) in [5, 5.41) is 38.6. The van der Waals surface area contributed by atoms with Crippen molar-refractivity contribution in [2.45, 2.75) is 38.3 Å². The number of aromatic hydroxyl groups is 1. The highest BCUT2D eigenvalue weighted by molar-refractivity contribution is 14.1. The minimum Gasteiger partial charge on any atom is -0.507 e. The van der Waals surface area contributed by atoms with Crippen LogP contribution in [0.4, 0.5) is 5.69 Å². The number of benzene rings is 2. The van der Waals surface area contributed by atoms with Crippen LogP contribution in [0.1, 0.15) is 58.5 Å². The van der Waals surface area contributed by atoms with E-state index in [0.29, 0.717) is 29.4 Å². The van der Waals surface area contributed by atoms with Gasteiger partial charge in [-0.2, -0.15) is 0 Å². The number of hydrogen-bond acceptors (Lipinski definition) is 7. The Morgan fingerprint density at radius 2 is 1.95 bits per heavy atom. The second-order valence-electron chi connectivity index (χ2n) is 8.79. The topological polar surface area (TPSA) is 205 Å². The van der Waals surface area contributed by atoms with Crippen molar-refractivity contribution < 1.29 is 34.4 Å². The van der Waals surface area contributed by atoms with Gasteiger partial charge in [-0.3, -0.25) is 9.36 Å². The van der Waals surface area contributed by atoms with Crippen molar-refractivity contribution in [3.63, 3.8) is 0 Å². The third kappa shape index (κ3) is 10.2. The van der Waals surface area contributed by atoms with E-state index in [1.54, 1.807) is 12.1 Å². The number of hydrogen-bond donors (Lipinski definition) is 6. The van der Waals surface area contributed by atoms with Gasteiger partial charge in [0.2, 0.25) is 7.37 Å². The number of aromatic carboxylic acids is 1. The first-order chi connectivity index (χ1) is 17.9. The monoisotopic (exact) mass is 657 g/mol. The number of rotatable bonds is 15. The van der Waals surface area contributed by atoms with Crippen molar-refractivity contribution in [3.05, 3.63) is 67.1 Å². The maximum atomic E-state index is 12.5. The number of azide groups is 1. The Labute approximate surface area is 233 Å². The summed E-state index contributed by atoms with van der Waals surface area (Å²) < 4.78 is 13.0. The molecule has 0 spiro atoms. The number of carbonyl (C=O) groups is 2. The Morgan fingerprint density at radius 3 is 2.63 bits per heavy atom. The number of aliphatic hydroxyl groups excluding tert-OH is 1. The van der Waals surface area contributed by atoms with E-state index in [4.69, 9.17) is 10.6 Å². The first-order valence-electron chi connectivity index (χ1n) is 11.8. The number of halogens is 1.